The Morgan fingerprint density at radius 3 is 2.47 bits per heavy atom. The number of benzene rings is 1. The van der Waals surface area contributed by atoms with Gasteiger partial charge in [0.1, 0.15) is 12.1 Å². The van der Waals surface area contributed by atoms with Gasteiger partial charge in [0.2, 0.25) is 5.89 Å². The molecule has 0 atom stereocenters. The number of nitrogens with one attached hydrogen (secondary N) is 3. The van der Waals surface area contributed by atoms with Crippen molar-refractivity contribution in [2.75, 3.05) is 18.4 Å². The van der Waals surface area contributed by atoms with Gasteiger partial charge < -0.3 is 19.9 Å². The average Bonchev–Trinajstić information content (AvgIpc) is 3.05. The molecule has 1 amide bonds. The molecule has 1 aromatic carbocycles. The second-order valence-corrected chi connectivity index (χ2v) is 7.43. The van der Waals surface area contributed by atoms with Crippen LogP contribution in [0.2, 0.25) is 0 Å². The fraction of sp³-hybridized carbons (Fsp3) is 0.500. The number of aryl methyl sites for hydroxylation is 1. The van der Waals surface area contributed by atoms with Crippen LogP contribution in [0.3, 0.4) is 0 Å². The largest absolute Gasteiger partial charge is 0.444 e. The number of amides is 1. The van der Waals surface area contributed by atoms with E-state index in [-0.39, 0.29) is 24.0 Å². The number of ether oxygens (including phenoxy) is 1. The van der Waals surface area contributed by atoms with E-state index < -0.39 is 11.7 Å². The van der Waals surface area contributed by atoms with E-state index in [9.17, 15) is 4.79 Å². The minimum atomic E-state index is -0.524. The molecule has 10 heteroatoms. The summed E-state index contributed by atoms with van der Waals surface area (Å²) in [5.74, 6) is 1.76. The summed E-state index contributed by atoms with van der Waals surface area (Å²) in [5, 5.41) is 12.9. The SMILES string of the molecule is CCNC(=NCc1nc(C)no1)NCCc1ccc(NC(=O)OC(C)(C)C)cc1.I. The molecule has 1 heterocycles. The van der Waals surface area contributed by atoms with Gasteiger partial charge >= 0.3 is 6.09 Å². The van der Waals surface area contributed by atoms with Crippen LogP contribution < -0.4 is 16.0 Å². The fourth-order valence-electron chi connectivity index (χ4n) is 2.39. The van der Waals surface area contributed by atoms with Crippen LogP contribution in [0.5, 0.6) is 0 Å². The number of anilines is 1. The van der Waals surface area contributed by atoms with Crippen molar-refractivity contribution >= 4 is 41.7 Å². The van der Waals surface area contributed by atoms with Gasteiger partial charge in [-0.1, -0.05) is 17.3 Å². The summed E-state index contributed by atoms with van der Waals surface area (Å²) in [6.07, 6.45) is 0.339. The van der Waals surface area contributed by atoms with Gasteiger partial charge in [0, 0.05) is 18.8 Å². The Morgan fingerprint density at radius 1 is 1.20 bits per heavy atom. The predicted octanol–water partition coefficient (Wildman–Crippen LogP) is 3.64. The maximum absolute atomic E-state index is 11.8. The first kappa shape index (κ1) is 25.7. The lowest BCUT2D eigenvalue weighted by Crippen LogP contribution is -2.38. The van der Waals surface area contributed by atoms with Crippen molar-refractivity contribution < 1.29 is 14.1 Å². The molecular weight excluding hydrogens is 499 g/mol. The number of carbonyl (C=O) groups excluding carboxylic acids is 1. The van der Waals surface area contributed by atoms with E-state index >= 15 is 0 Å². The van der Waals surface area contributed by atoms with Crippen LogP contribution in [0.25, 0.3) is 0 Å². The van der Waals surface area contributed by atoms with Crippen molar-refractivity contribution in [1.82, 2.24) is 20.8 Å². The summed E-state index contributed by atoms with van der Waals surface area (Å²) in [7, 11) is 0. The predicted molar refractivity (Wildman–Crippen MR) is 127 cm³/mol. The van der Waals surface area contributed by atoms with Gasteiger partial charge in [-0.15, -0.1) is 24.0 Å². The number of hydrogen-bond donors (Lipinski definition) is 3. The normalized spacial score (nSPS) is 11.4. The molecular formula is C20H31IN6O3. The molecule has 0 fully saturated rings. The zero-order chi connectivity index (χ0) is 21.3. The third kappa shape index (κ3) is 9.90. The molecule has 0 aliphatic carbocycles. The highest BCUT2D eigenvalue weighted by molar-refractivity contribution is 14.0. The first-order valence-electron chi connectivity index (χ1n) is 9.65. The van der Waals surface area contributed by atoms with E-state index in [2.05, 4.69) is 31.1 Å². The number of carbonyl (C=O) groups is 1. The Hall–Kier alpha value is -2.37. The molecule has 0 spiro atoms. The summed E-state index contributed by atoms with van der Waals surface area (Å²) < 4.78 is 10.3. The van der Waals surface area contributed by atoms with Crippen molar-refractivity contribution in [1.29, 1.82) is 0 Å². The van der Waals surface area contributed by atoms with Gasteiger partial charge in [-0.2, -0.15) is 4.98 Å². The van der Waals surface area contributed by atoms with Crippen LogP contribution in [-0.2, 0) is 17.7 Å². The summed E-state index contributed by atoms with van der Waals surface area (Å²) in [6.45, 7) is 11.0. The van der Waals surface area contributed by atoms with E-state index in [1.807, 2.05) is 52.0 Å². The molecule has 2 aromatic rings. The molecule has 0 bridgehead atoms. The average molecular weight is 530 g/mol. The summed E-state index contributed by atoms with van der Waals surface area (Å²) in [6, 6.07) is 7.66. The molecule has 0 aliphatic rings. The summed E-state index contributed by atoms with van der Waals surface area (Å²) in [4.78, 5) is 20.4. The molecule has 0 saturated carbocycles. The Kier molecular flexibility index (Phi) is 10.6. The highest BCUT2D eigenvalue weighted by atomic mass is 127. The number of halogens is 1. The second-order valence-electron chi connectivity index (χ2n) is 7.43. The molecule has 2 rings (SSSR count). The molecule has 0 radical (unpaired) electrons. The lowest BCUT2D eigenvalue weighted by Gasteiger charge is -2.19. The monoisotopic (exact) mass is 530 g/mol. The zero-order valence-corrected chi connectivity index (χ0v) is 20.4. The summed E-state index contributed by atoms with van der Waals surface area (Å²) >= 11 is 0. The van der Waals surface area contributed by atoms with Crippen molar-refractivity contribution in [2.45, 2.75) is 53.2 Å². The first-order chi connectivity index (χ1) is 13.7. The van der Waals surface area contributed by atoms with Gasteiger partial charge in [-0.3, -0.25) is 5.32 Å². The highest BCUT2D eigenvalue weighted by Crippen LogP contribution is 2.13. The Labute approximate surface area is 194 Å². The molecule has 0 unspecified atom stereocenters. The van der Waals surface area contributed by atoms with Crippen molar-refractivity contribution in [2.24, 2.45) is 4.99 Å². The Bertz CT molecular complexity index is 815. The van der Waals surface area contributed by atoms with E-state index in [0.29, 0.717) is 36.5 Å². The van der Waals surface area contributed by atoms with E-state index in [1.54, 1.807) is 6.92 Å². The third-order valence-electron chi connectivity index (χ3n) is 3.59. The highest BCUT2D eigenvalue weighted by Gasteiger charge is 2.16. The minimum Gasteiger partial charge on any atom is -0.444 e. The van der Waals surface area contributed by atoms with Crippen LogP contribution in [0.4, 0.5) is 10.5 Å². The lowest BCUT2D eigenvalue weighted by atomic mass is 10.1. The van der Waals surface area contributed by atoms with Crippen molar-refractivity contribution in [3.63, 3.8) is 0 Å². The molecule has 3 N–H and O–H groups in total. The van der Waals surface area contributed by atoms with Crippen molar-refractivity contribution in [3.8, 4) is 0 Å². The number of nitrogens with zero attached hydrogens (tertiary/aromatic N) is 3. The third-order valence-corrected chi connectivity index (χ3v) is 3.59. The standard InChI is InChI=1S/C20H30N6O3.HI/c1-6-21-18(23-13-17-24-14(2)26-29-17)22-12-11-15-7-9-16(10-8-15)25-19(27)28-20(3,4)5;/h7-10H,6,11-13H2,1-5H3,(H,25,27)(H2,21,22,23);1H. The minimum absolute atomic E-state index is 0. The maximum atomic E-state index is 11.8. The summed E-state index contributed by atoms with van der Waals surface area (Å²) in [5.41, 5.74) is 1.31. The van der Waals surface area contributed by atoms with Crippen LogP contribution in [-0.4, -0.2) is 40.9 Å². The Balaban J connectivity index is 0.00000450. The second kappa shape index (κ2) is 12.4. The number of rotatable bonds is 7. The van der Waals surface area contributed by atoms with E-state index in [4.69, 9.17) is 9.26 Å². The van der Waals surface area contributed by atoms with E-state index in [0.717, 1.165) is 18.5 Å². The number of aliphatic imine (C=N–C) groups is 1. The molecule has 0 aliphatic heterocycles. The molecule has 166 valence electrons. The molecule has 0 saturated heterocycles. The zero-order valence-electron chi connectivity index (χ0n) is 18.1. The Morgan fingerprint density at radius 2 is 1.90 bits per heavy atom. The van der Waals surface area contributed by atoms with Gasteiger partial charge in [0.05, 0.1) is 0 Å². The van der Waals surface area contributed by atoms with Gasteiger partial charge in [0.25, 0.3) is 0 Å². The number of aromatic nitrogens is 2. The fourth-order valence-corrected chi connectivity index (χ4v) is 2.39. The molecule has 1 aromatic heterocycles. The quantitative estimate of drug-likeness (QED) is 0.285. The molecule has 30 heavy (non-hydrogen) atoms. The van der Waals surface area contributed by atoms with Crippen LogP contribution in [0.1, 0.15) is 45.0 Å². The maximum Gasteiger partial charge on any atom is 0.412 e. The van der Waals surface area contributed by atoms with Gasteiger partial charge in [0.15, 0.2) is 11.8 Å². The van der Waals surface area contributed by atoms with Crippen LogP contribution in [0, 0.1) is 6.92 Å². The lowest BCUT2D eigenvalue weighted by molar-refractivity contribution is 0.0636. The smallest absolute Gasteiger partial charge is 0.412 e. The van der Waals surface area contributed by atoms with E-state index in [1.165, 1.54) is 0 Å². The van der Waals surface area contributed by atoms with Crippen molar-refractivity contribution in [3.05, 3.63) is 41.5 Å². The topological polar surface area (TPSA) is 114 Å². The van der Waals surface area contributed by atoms with Crippen LogP contribution in [0.15, 0.2) is 33.8 Å². The van der Waals surface area contributed by atoms with Gasteiger partial charge in [-0.25, -0.2) is 9.79 Å². The first-order valence-corrected chi connectivity index (χ1v) is 9.65. The number of guanidine groups is 1. The van der Waals surface area contributed by atoms with Gasteiger partial charge in [-0.05, 0) is 58.7 Å². The molecule has 9 nitrogen and oxygen atoms in total. The van der Waals surface area contributed by atoms with Crippen LogP contribution >= 0.6 is 24.0 Å². The number of hydrogen-bond acceptors (Lipinski definition) is 6.